The predicted molar refractivity (Wildman–Crippen MR) is 116 cm³/mol. The van der Waals surface area contributed by atoms with Crippen LogP contribution in [0.2, 0.25) is 0 Å². The SMILES string of the molecule is CN=C(NCc1csc(C(C)C)n1)N(C)Cc1cc(Br)cn1C.I. The highest BCUT2D eigenvalue weighted by atomic mass is 127. The predicted octanol–water partition coefficient (Wildman–Crippen LogP) is 4.19. The van der Waals surface area contributed by atoms with E-state index in [0.717, 1.165) is 22.7 Å². The fraction of sp³-hybridized carbons (Fsp3) is 0.500. The lowest BCUT2D eigenvalue weighted by Gasteiger charge is -2.22. The molecule has 0 aromatic carbocycles. The number of rotatable bonds is 5. The van der Waals surface area contributed by atoms with E-state index in [2.05, 4.69) is 72.2 Å². The normalized spacial score (nSPS) is 11.5. The molecule has 0 aliphatic rings. The summed E-state index contributed by atoms with van der Waals surface area (Å²) >= 11 is 5.23. The van der Waals surface area contributed by atoms with Gasteiger partial charge in [-0.3, -0.25) is 4.99 Å². The first-order valence-electron chi connectivity index (χ1n) is 7.57. The third-order valence-electron chi connectivity index (χ3n) is 3.54. The van der Waals surface area contributed by atoms with Crippen molar-refractivity contribution in [3.8, 4) is 0 Å². The van der Waals surface area contributed by atoms with Crippen molar-refractivity contribution in [2.45, 2.75) is 32.9 Å². The summed E-state index contributed by atoms with van der Waals surface area (Å²) in [6.45, 7) is 5.81. The standard InChI is InChI=1S/C16H24BrN5S.HI/c1-11(2)15-20-13(10-23-15)7-19-16(18-3)22(5)9-14-6-12(17)8-21(14)4;/h6,8,10-11H,7,9H2,1-5H3,(H,18,19);1H. The molecule has 0 fully saturated rings. The van der Waals surface area contributed by atoms with Gasteiger partial charge in [0.15, 0.2) is 5.96 Å². The van der Waals surface area contributed by atoms with Crippen LogP contribution in [0.5, 0.6) is 0 Å². The van der Waals surface area contributed by atoms with E-state index < -0.39 is 0 Å². The van der Waals surface area contributed by atoms with E-state index >= 15 is 0 Å². The largest absolute Gasteiger partial charge is 0.352 e. The van der Waals surface area contributed by atoms with Crippen molar-refractivity contribution < 1.29 is 0 Å². The maximum absolute atomic E-state index is 4.65. The van der Waals surface area contributed by atoms with Gasteiger partial charge in [-0.2, -0.15) is 0 Å². The molecule has 5 nitrogen and oxygen atoms in total. The van der Waals surface area contributed by atoms with Gasteiger partial charge in [0, 0.05) is 48.8 Å². The zero-order chi connectivity index (χ0) is 17.0. The Morgan fingerprint density at radius 1 is 1.50 bits per heavy atom. The maximum atomic E-state index is 4.65. The minimum atomic E-state index is 0. The van der Waals surface area contributed by atoms with Gasteiger partial charge in [-0.05, 0) is 22.0 Å². The second-order valence-electron chi connectivity index (χ2n) is 5.85. The van der Waals surface area contributed by atoms with Crippen molar-refractivity contribution in [1.29, 1.82) is 0 Å². The van der Waals surface area contributed by atoms with Crippen LogP contribution < -0.4 is 5.32 Å². The summed E-state index contributed by atoms with van der Waals surface area (Å²) in [5.41, 5.74) is 2.29. The lowest BCUT2D eigenvalue weighted by molar-refractivity contribution is 0.461. The molecule has 0 aliphatic carbocycles. The molecule has 0 saturated heterocycles. The minimum Gasteiger partial charge on any atom is -0.352 e. The summed E-state index contributed by atoms with van der Waals surface area (Å²) in [5, 5.41) is 6.68. The highest BCUT2D eigenvalue weighted by Gasteiger charge is 2.11. The number of thiazole rings is 1. The van der Waals surface area contributed by atoms with Crippen molar-refractivity contribution in [2.24, 2.45) is 12.0 Å². The monoisotopic (exact) mass is 525 g/mol. The van der Waals surface area contributed by atoms with Crippen LogP contribution in [0.15, 0.2) is 27.1 Å². The van der Waals surface area contributed by atoms with E-state index in [1.54, 1.807) is 18.4 Å². The smallest absolute Gasteiger partial charge is 0.194 e. The first-order valence-corrected chi connectivity index (χ1v) is 9.24. The van der Waals surface area contributed by atoms with Crippen LogP contribution in [-0.2, 0) is 20.1 Å². The Bertz CT molecular complexity index is 680. The topological polar surface area (TPSA) is 45.5 Å². The van der Waals surface area contributed by atoms with Crippen molar-refractivity contribution in [3.63, 3.8) is 0 Å². The molecule has 134 valence electrons. The van der Waals surface area contributed by atoms with E-state index in [-0.39, 0.29) is 24.0 Å². The summed E-state index contributed by atoms with van der Waals surface area (Å²) in [5.74, 6) is 1.34. The van der Waals surface area contributed by atoms with E-state index in [9.17, 15) is 0 Å². The fourth-order valence-electron chi connectivity index (χ4n) is 2.26. The third kappa shape index (κ3) is 5.73. The highest BCUT2D eigenvalue weighted by molar-refractivity contribution is 14.0. The molecule has 0 amide bonds. The molecule has 0 atom stereocenters. The molecule has 2 heterocycles. The highest BCUT2D eigenvalue weighted by Crippen LogP contribution is 2.19. The van der Waals surface area contributed by atoms with Crippen LogP contribution >= 0.6 is 51.2 Å². The number of aliphatic imine (C=N–C) groups is 1. The molecular weight excluding hydrogens is 501 g/mol. The van der Waals surface area contributed by atoms with Crippen molar-refractivity contribution >= 4 is 57.2 Å². The average molecular weight is 526 g/mol. The molecular formula is C16H25BrIN5S. The first kappa shape index (κ1) is 21.4. The van der Waals surface area contributed by atoms with Crippen LogP contribution in [0, 0.1) is 0 Å². The number of nitrogens with zero attached hydrogens (tertiary/aromatic N) is 4. The summed E-state index contributed by atoms with van der Waals surface area (Å²) in [4.78, 5) is 11.1. The molecule has 8 heteroatoms. The Labute approximate surface area is 173 Å². The molecule has 2 rings (SSSR count). The van der Waals surface area contributed by atoms with Gasteiger partial charge >= 0.3 is 0 Å². The number of hydrogen-bond donors (Lipinski definition) is 1. The number of halogens is 2. The maximum Gasteiger partial charge on any atom is 0.194 e. The fourth-order valence-corrected chi connectivity index (χ4v) is 3.67. The molecule has 0 spiro atoms. The van der Waals surface area contributed by atoms with Crippen molar-refractivity contribution in [3.05, 3.63) is 38.5 Å². The Hall–Kier alpha value is -0.610. The van der Waals surface area contributed by atoms with Crippen LogP contribution in [-0.4, -0.2) is 34.5 Å². The quantitative estimate of drug-likeness (QED) is 0.361. The van der Waals surface area contributed by atoms with Crippen LogP contribution in [0.1, 0.15) is 36.2 Å². The number of guanidine groups is 1. The first-order chi connectivity index (χ1) is 10.9. The van der Waals surface area contributed by atoms with Gasteiger partial charge in [-0.1, -0.05) is 13.8 Å². The number of aryl methyl sites for hydroxylation is 1. The summed E-state index contributed by atoms with van der Waals surface area (Å²) in [7, 11) is 5.89. The van der Waals surface area contributed by atoms with Gasteiger partial charge in [0.25, 0.3) is 0 Å². The molecule has 0 aliphatic heterocycles. The summed E-state index contributed by atoms with van der Waals surface area (Å²) in [6.07, 6.45) is 2.06. The van der Waals surface area contributed by atoms with Gasteiger partial charge < -0.3 is 14.8 Å². The van der Waals surface area contributed by atoms with Crippen LogP contribution in [0.3, 0.4) is 0 Å². The van der Waals surface area contributed by atoms with Gasteiger partial charge in [-0.15, -0.1) is 35.3 Å². The second-order valence-corrected chi connectivity index (χ2v) is 7.65. The van der Waals surface area contributed by atoms with Crippen LogP contribution in [0.25, 0.3) is 0 Å². The lowest BCUT2D eigenvalue weighted by atomic mass is 10.2. The molecule has 0 saturated carbocycles. The van der Waals surface area contributed by atoms with E-state index in [1.165, 1.54) is 10.7 Å². The Balaban J connectivity index is 0.00000288. The lowest BCUT2D eigenvalue weighted by Crippen LogP contribution is -2.38. The number of nitrogens with one attached hydrogen (secondary N) is 1. The molecule has 2 aromatic rings. The zero-order valence-corrected chi connectivity index (χ0v) is 19.4. The Kier molecular flexibility index (Phi) is 8.72. The van der Waals surface area contributed by atoms with E-state index in [4.69, 9.17) is 0 Å². The van der Waals surface area contributed by atoms with Crippen molar-refractivity contribution in [2.75, 3.05) is 14.1 Å². The summed E-state index contributed by atoms with van der Waals surface area (Å²) < 4.78 is 3.21. The number of hydrogen-bond acceptors (Lipinski definition) is 3. The average Bonchev–Trinajstić information content (AvgIpc) is 3.07. The summed E-state index contributed by atoms with van der Waals surface area (Å²) in [6, 6.07) is 2.12. The Morgan fingerprint density at radius 2 is 2.21 bits per heavy atom. The molecule has 0 radical (unpaired) electrons. The van der Waals surface area contributed by atoms with Crippen molar-refractivity contribution in [1.82, 2.24) is 19.8 Å². The van der Waals surface area contributed by atoms with E-state index in [0.29, 0.717) is 12.5 Å². The molecule has 0 unspecified atom stereocenters. The van der Waals surface area contributed by atoms with Gasteiger partial charge in [0.1, 0.15) is 0 Å². The van der Waals surface area contributed by atoms with Gasteiger partial charge in [-0.25, -0.2) is 4.98 Å². The van der Waals surface area contributed by atoms with E-state index in [1.807, 2.05) is 14.1 Å². The third-order valence-corrected chi connectivity index (χ3v) is 5.17. The Morgan fingerprint density at radius 3 is 2.71 bits per heavy atom. The second kappa shape index (κ2) is 9.76. The van der Waals surface area contributed by atoms with Gasteiger partial charge in [0.2, 0.25) is 0 Å². The molecule has 24 heavy (non-hydrogen) atoms. The molecule has 2 aromatic heterocycles. The minimum absolute atomic E-state index is 0. The zero-order valence-electron chi connectivity index (χ0n) is 14.7. The number of aromatic nitrogens is 2. The van der Waals surface area contributed by atoms with Crippen LogP contribution in [0.4, 0.5) is 0 Å². The molecule has 1 N–H and O–H groups in total. The van der Waals surface area contributed by atoms with Gasteiger partial charge in [0.05, 0.1) is 23.8 Å². The molecule has 0 bridgehead atoms.